The largest absolute Gasteiger partial charge is 0.385 e. The van der Waals surface area contributed by atoms with Crippen molar-refractivity contribution in [2.75, 3.05) is 17.6 Å². The minimum Gasteiger partial charge on any atom is -0.385 e. The SMILES string of the molecule is Nc1n[nH]c(C2CCNc3ccccc32)n1. The molecule has 0 bridgehead atoms. The second-order valence-electron chi connectivity index (χ2n) is 3.93. The normalized spacial score (nSPS) is 18.9. The van der Waals surface area contributed by atoms with Crippen LogP contribution in [0.4, 0.5) is 11.6 Å². The first-order chi connectivity index (χ1) is 7.84. The van der Waals surface area contributed by atoms with Gasteiger partial charge >= 0.3 is 0 Å². The lowest BCUT2D eigenvalue weighted by Crippen LogP contribution is -2.18. The highest BCUT2D eigenvalue weighted by Gasteiger charge is 2.23. The van der Waals surface area contributed by atoms with Gasteiger partial charge < -0.3 is 11.1 Å². The number of nitrogens with zero attached hydrogens (tertiary/aromatic N) is 2. The molecule has 1 aliphatic rings. The number of nitrogen functional groups attached to an aromatic ring is 1. The van der Waals surface area contributed by atoms with Crippen molar-refractivity contribution in [3.63, 3.8) is 0 Å². The minimum atomic E-state index is 0.266. The number of aromatic amines is 1. The zero-order valence-electron chi connectivity index (χ0n) is 8.77. The van der Waals surface area contributed by atoms with E-state index in [2.05, 4.69) is 32.6 Å². The maximum absolute atomic E-state index is 5.54. The lowest BCUT2D eigenvalue weighted by atomic mass is 9.90. The third-order valence-corrected chi connectivity index (χ3v) is 2.93. The van der Waals surface area contributed by atoms with Crippen LogP contribution in [-0.4, -0.2) is 21.7 Å². The summed E-state index contributed by atoms with van der Waals surface area (Å²) in [5, 5.41) is 10.2. The van der Waals surface area contributed by atoms with Gasteiger partial charge in [0.2, 0.25) is 5.95 Å². The Bertz CT molecular complexity index is 505. The van der Waals surface area contributed by atoms with Crippen molar-refractivity contribution >= 4 is 11.6 Å². The Hall–Kier alpha value is -2.04. The van der Waals surface area contributed by atoms with Gasteiger partial charge in [0.15, 0.2) is 0 Å². The molecule has 0 radical (unpaired) electrons. The van der Waals surface area contributed by atoms with Crippen LogP contribution in [0.25, 0.3) is 0 Å². The molecule has 0 aliphatic carbocycles. The van der Waals surface area contributed by atoms with Crippen molar-refractivity contribution in [1.29, 1.82) is 0 Å². The highest BCUT2D eigenvalue weighted by Crippen LogP contribution is 2.34. The van der Waals surface area contributed by atoms with Crippen molar-refractivity contribution in [1.82, 2.24) is 15.2 Å². The standard InChI is InChI=1S/C11H13N5/c12-11-14-10(15-16-11)8-5-6-13-9-4-2-1-3-7(8)9/h1-4,8,13H,5-6H2,(H3,12,14,15,16). The predicted molar refractivity (Wildman–Crippen MR) is 62.2 cm³/mol. The molecule has 5 nitrogen and oxygen atoms in total. The molecule has 0 fully saturated rings. The molecule has 1 unspecified atom stereocenters. The number of hydrogen-bond acceptors (Lipinski definition) is 4. The molecule has 0 amide bonds. The molecule has 1 aromatic carbocycles. The molecular weight excluding hydrogens is 202 g/mol. The molecule has 2 heterocycles. The molecule has 0 spiro atoms. The summed E-state index contributed by atoms with van der Waals surface area (Å²) in [5.74, 6) is 1.43. The smallest absolute Gasteiger partial charge is 0.239 e. The molecule has 82 valence electrons. The van der Waals surface area contributed by atoms with Gasteiger partial charge in [0.1, 0.15) is 5.82 Å². The number of aromatic nitrogens is 3. The van der Waals surface area contributed by atoms with Crippen molar-refractivity contribution in [3.05, 3.63) is 35.7 Å². The lowest BCUT2D eigenvalue weighted by molar-refractivity contribution is 0.678. The second kappa shape index (κ2) is 3.52. The first-order valence-corrected chi connectivity index (χ1v) is 5.35. The van der Waals surface area contributed by atoms with E-state index in [1.807, 2.05) is 12.1 Å². The van der Waals surface area contributed by atoms with E-state index in [4.69, 9.17) is 5.73 Å². The Morgan fingerprint density at radius 2 is 2.19 bits per heavy atom. The summed E-state index contributed by atoms with van der Waals surface area (Å²) in [5.41, 5.74) is 7.97. The molecular formula is C11H13N5. The molecule has 0 saturated carbocycles. The number of nitrogens with two attached hydrogens (primary N) is 1. The quantitative estimate of drug-likeness (QED) is 0.670. The topological polar surface area (TPSA) is 79.6 Å². The Morgan fingerprint density at radius 3 is 3.00 bits per heavy atom. The summed E-state index contributed by atoms with van der Waals surface area (Å²) >= 11 is 0. The van der Waals surface area contributed by atoms with Gasteiger partial charge in [-0.25, -0.2) is 0 Å². The fourth-order valence-corrected chi connectivity index (χ4v) is 2.20. The molecule has 1 atom stereocenters. The molecule has 1 aromatic heterocycles. The Kier molecular flexibility index (Phi) is 2.02. The summed E-state index contributed by atoms with van der Waals surface area (Å²) < 4.78 is 0. The molecule has 5 heteroatoms. The summed E-state index contributed by atoms with van der Waals surface area (Å²) in [6.07, 6.45) is 1.01. The summed E-state index contributed by atoms with van der Waals surface area (Å²) in [4.78, 5) is 4.22. The first kappa shape index (κ1) is 9.21. The number of nitrogens with one attached hydrogen (secondary N) is 2. The van der Waals surface area contributed by atoms with Crippen molar-refractivity contribution in [2.24, 2.45) is 0 Å². The van der Waals surface area contributed by atoms with Crippen molar-refractivity contribution in [3.8, 4) is 0 Å². The van der Waals surface area contributed by atoms with Crippen LogP contribution in [0.3, 0.4) is 0 Å². The molecule has 0 saturated heterocycles. The van der Waals surface area contributed by atoms with E-state index in [0.29, 0.717) is 5.95 Å². The first-order valence-electron chi connectivity index (χ1n) is 5.35. The van der Waals surface area contributed by atoms with Crippen LogP contribution in [-0.2, 0) is 0 Å². The summed E-state index contributed by atoms with van der Waals surface area (Å²) in [6, 6.07) is 8.27. The minimum absolute atomic E-state index is 0.266. The number of benzene rings is 1. The van der Waals surface area contributed by atoms with Crippen LogP contribution in [0.1, 0.15) is 23.7 Å². The van der Waals surface area contributed by atoms with Crippen LogP contribution in [0.2, 0.25) is 0 Å². The Labute approximate surface area is 93.1 Å². The van der Waals surface area contributed by atoms with Gasteiger partial charge in [-0.15, -0.1) is 5.10 Å². The van der Waals surface area contributed by atoms with E-state index >= 15 is 0 Å². The number of H-pyrrole nitrogens is 1. The molecule has 16 heavy (non-hydrogen) atoms. The molecule has 1 aliphatic heterocycles. The van der Waals surface area contributed by atoms with Gasteiger partial charge in [0.05, 0.1) is 0 Å². The Morgan fingerprint density at radius 1 is 1.31 bits per heavy atom. The van der Waals surface area contributed by atoms with Gasteiger partial charge in [-0.05, 0) is 18.1 Å². The van der Waals surface area contributed by atoms with Gasteiger partial charge in [-0.3, -0.25) is 5.10 Å². The highest BCUT2D eigenvalue weighted by molar-refractivity contribution is 5.56. The van der Waals surface area contributed by atoms with E-state index in [1.54, 1.807) is 0 Å². The third kappa shape index (κ3) is 1.41. The van der Waals surface area contributed by atoms with E-state index in [-0.39, 0.29) is 5.92 Å². The van der Waals surface area contributed by atoms with E-state index in [1.165, 1.54) is 11.3 Å². The van der Waals surface area contributed by atoms with Crippen LogP contribution in [0.15, 0.2) is 24.3 Å². The van der Waals surface area contributed by atoms with Gasteiger partial charge in [0.25, 0.3) is 0 Å². The number of para-hydroxylation sites is 1. The Balaban J connectivity index is 2.04. The fourth-order valence-electron chi connectivity index (χ4n) is 2.20. The zero-order valence-corrected chi connectivity index (χ0v) is 8.77. The maximum atomic E-state index is 5.54. The van der Waals surface area contributed by atoms with E-state index in [9.17, 15) is 0 Å². The number of fused-ring (bicyclic) bond motifs is 1. The maximum Gasteiger partial charge on any atom is 0.239 e. The number of anilines is 2. The van der Waals surface area contributed by atoms with Gasteiger partial charge in [-0.2, -0.15) is 4.98 Å². The fraction of sp³-hybridized carbons (Fsp3) is 0.273. The van der Waals surface area contributed by atoms with Crippen LogP contribution in [0, 0.1) is 0 Å². The van der Waals surface area contributed by atoms with Gasteiger partial charge in [-0.1, -0.05) is 18.2 Å². The van der Waals surface area contributed by atoms with Crippen molar-refractivity contribution < 1.29 is 0 Å². The average molecular weight is 215 g/mol. The predicted octanol–water partition coefficient (Wildman–Crippen LogP) is 1.33. The second-order valence-corrected chi connectivity index (χ2v) is 3.93. The van der Waals surface area contributed by atoms with E-state index < -0.39 is 0 Å². The third-order valence-electron chi connectivity index (χ3n) is 2.93. The molecule has 4 N–H and O–H groups in total. The van der Waals surface area contributed by atoms with Crippen molar-refractivity contribution in [2.45, 2.75) is 12.3 Å². The van der Waals surface area contributed by atoms with E-state index in [0.717, 1.165) is 18.8 Å². The number of hydrogen-bond donors (Lipinski definition) is 3. The lowest BCUT2D eigenvalue weighted by Gasteiger charge is -2.24. The summed E-state index contributed by atoms with van der Waals surface area (Å²) in [6.45, 7) is 0.947. The summed E-state index contributed by atoms with van der Waals surface area (Å²) in [7, 11) is 0. The van der Waals surface area contributed by atoms with Crippen LogP contribution < -0.4 is 11.1 Å². The van der Waals surface area contributed by atoms with Crippen LogP contribution in [0.5, 0.6) is 0 Å². The van der Waals surface area contributed by atoms with Gasteiger partial charge in [0, 0.05) is 18.2 Å². The van der Waals surface area contributed by atoms with Crippen LogP contribution >= 0.6 is 0 Å². The average Bonchev–Trinajstić information content (AvgIpc) is 2.75. The zero-order chi connectivity index (χ0) is 11.0. The highest BCUT2D eigenvalue weighted by atomic mass is 15.3. The molecule has 2 aromatic rings. The molecule has 3 rings (SSSR count). The monoisotopic (exact) mass is 215 g/mol. The number of rotatable bonds is 1.